The molecular formula is C18H31N. The summed E-state index contributed by atoms with van der Waals surface area (Å²) in [7, 11) is 0. The van der Waals surface area contributed by atoms with E-state index < -0.39 is 0 Å². The quantitative estimate of drug-likeness (QED) is 0.680. The van der Waals surface area contributed by atoms with E-state index in [1.807, 2.05) is 0 Å². The molecule has 1 heteroatoms. The molecule has 1 aromatic carbocycles. The van der Waals surface area contributed by atoms with Gasteiger partial charge in [-0.2, -0.15) is 0 Å². The molecule has 0 aliphatic heterocycles. The molecule has 0 atom stereocenters. The largest absolute Gasteiger partial charge is 0.317 e. The van der Waals surface area contributed by atoms with Crippen molar-refractivity contribution in [2.24, 2.45) is 0 Å². The lowest BCUT2D eigenvalue weighted by Gasteiger charge is -2.28. The maximum Gasteiger partial charge on any atom is -0.00406 e. The summed E-state index contributed by atoms with van der Waals surface area (Å²) < 4.78 is 0. The molecule has 0 fully saturated rings. The smallest absolute Gasteiger partial charge is 0.00406 e. The molecule has 0 aromatic heterocycles. The maximum absolute atomic E-state index is 3.53. The van der Waals surface area contributed by atoms with E-state index in [0.29, 0.717) is 0 Å². The van der Waals surface area contributed by atoms with Crippen molar-refractivity contribution >= 4 is 0 Å². The van der Waals surface area contributed by atoms with E-state index in [1.165, 1.54) is 24.0 Å². The zero-order chi connectivity index (χ0) is 14.3. The minimum atomic E-state index is 0.261. The first kappa shape index (κ1) is 16.2. The Labute approximate surface area is 119 Å². The molecule has 0 radical (unpaired) electrons. The van der Waals surface area contributed by atoms with E-state index in [1.54, 1.807) is 5.56 Å². The first-order valence-electron chi connectivity index (χ1n) is 7.88. The van der Waals surface area contributed by atoms with Crippen molar-refractivity contribution in [2.75, 3.05) is 13.1 Å². The van der Waals surface area contributed by atoms with Crippen molar-refractivity contribution in [3.63, 3.8) is 0 Å². The van der Waals surface area contributed by atoms with Crippen LogP contribution in [0.25, 0.3) is 0 Å². The highest BCUT2D eigenvalue weighted by Gasteiger charge is 2.22. The molecule has 0 heterocycles. The third-order valence-corrected chi connectivity index (χ3v) is 4.05. The van der Waals surface area contributed by atoms with Gasteiger partial charge >= 0.3 is 0 Å². The first-order chi connectivity index (χ1) is 9.05. The van der Waals surface area contributed by atoms with Crippen LogP contribution in [0.15, 0.2) is 18.2 Å². The van der Waals surface area contributed by atoms with Gasteiger partial charge in [0, 0.05) is 0 Å². The summed E-state index contributed by atoms with van der Waals surface area (Å²) in [5.74, 6) is 0. The lowest BCUT2D eigenvalue weighted by atomic mass is 9.77. The number of hydrogen-bond donors (Lipinski definition) is 1. The van der Waals surface area contributed by atoms with E-state index in [9.17, 15) is 0 Å². The molecular weight excluding hydrogens is 230 g/mol. The Hall–Kier alpha value is -0.820. The second-order valence-electron chi connectivity index (χ2n) is 6.08. The standard InChI is InChI=1S/C18H31N/c1-6-12-19-13-11-18(4,5)17-14-15(7-2)9-10-16(17)8-3/h9-10,14,19H,6-8,11-13H2,1-5H3. The molecule has 19 heavy (non-hydrogen) atoms. The number of hydrogen-bond acceptors (Lipinski definition) is 1. The fourth-order valence-corrected chi connectivity index (χ4v) is 2.62. The summed E-state index contributed by atoms with van der Waals surface area (Å²) in [6.07, 6.45) is 4.67. The Balaban J connectivity index is 2.85. The highest BCUT2D eigenvalue weighted by atomic mass is 14.8. The van der Waals surface area contributed by atoms with Crippen molar-refractivity contribution in [3.05, 3.63) is 34.9 Å². The molecule has 0 aliphatic rings. The zero-order valence-electron chi connectivity index (χ0n) is 13.5. The molecule has 0 amide bonds. The van der Waals surface area contributed by atoms with Crippen LogP contribution in [-0.2, 0) is 18.3 Å². The number of nitrogens with one attached hydrogen (secondary N) is 1. The molecule has 0 saturated carbocycles. The van der Waals surface area contributed by atoms with Gasteiger partial charge in [-0.15, -0.1) is 0 Å². The van der Waals surface area contributed by atoms with E-state index in [-0.39, 0.29) is 5.41 Å². The summed E-state index contributed by atoms with van der Waals surface area (Å²) in [4.78, 5) is 0. The highest BCUT2D eigenvalue weighted by Crippen LogP contribution is 2.31. The molecule has 0 saturated heterocycles. The summed E-state index contributed by atoms with van der Waals surface area (Å²) in [6, 6.07) is 7.04. The van der Waals surface area contributed by atoms with E-state index in [4.69, 9.17) is 0 Å². The molecule has 1 N–H and O–H groups in total. The Morgan fingerprint density at radius 1 is 1.00 bits per heavy atom. The Bertz CT molecular complexity index is 379. The van der Waals surface area contributed by atoms with Gasteiger partial charge in [-0.3, -0.25) is 0 Å². The van der Waals surface area contributed by atoms with Gasteiger partial charge in [0.25, 0.3) is 0 Å². The van der Waals surface area contributed by atoms with Gasteiger partial charge in [0.2, 0.25) is 0 Å². The van der Waals surface area contributed by atoms with Crippen molar-refractivity contribution in [2.45, 2.75) is 65.7 Å². The molecule has 0 unspecified atom stereocenters. The average Bonchev–Trinajstić information content (AvgIpc) is 2.43. The van der Waals surface area contributed by atoms with Gasteiger partial charge in [-0.05, 0) is 60.9 Å². The maximum atomic E-state index is 3.53. The number of rotatable bonds is 8. The van der Waals surface area contributed by atoms with Crippen molar-refractivity contribution in [1.29, 1.82) is 0 Å². The average molecular weight is 261 g/mol. The third-order valence-electron chi connectivity index (χ3n) is 4.05. The fraction of sp³-hybridized carbons (Fsp3) is 0.667. The van der Waals surface area contributed by atoms with Crippen LogP contribution >= 0.6 is 0 Å². The SMILES string of the molecule is CCCNCCC(C)(C)c1cc(CC)ccc1CC. The molecule has 1 nitrogen and oxygen atoms in total. The molecule has 108 valence electrons. The van der Waals surface area contributed by atoms with Crippen LogP contribution in [0.2, 0.25) is 0 Å². The molecule has 0 bridgehead atoms. The second-order valence-corrected chi connectivity index (χ2v) is 6.08. The van der Waals surface area contributed by atoms with Crippen LogP contribution < -0.4 is 5.32 Å². The normalized spacial score (nSPS) is 11.8. The van der Waals surface area contributed by atoms with Crippen LogP contribution in [0.4, 0.5) is 0 Å². The number of benzene rings is 1. The minimum absolute atomic E-state index is 0.261. The fourth-order valence-electron chi connectivity index (χ4n) is 2.62. The highest BCUT2D eigenvalue weighted by molar-refractivity contribution is 5.37. The van der Waals surface area contributed by atoms with Gasteiger partial charge in [0.15, 0.2) is 0 Å². The summed E-state index contributed by atoms with van der Waals surface area (Å²) in [5.41, 5.74) is 4.78. The molecule has 1 rings (SSSR count). The molecule has 1 aromatic rings. The third kappa shape index (κ3) is 4.65. The van der Waals surface area contributed by atoms with Gasteiger partial charge in [0.1, 0.15) is 0 Å². The van der Waals surface area contributed by atoms with E-state index >= 15 is 0 Å². The van der Waals surface area contributed by atoms with Crippen LogP contribution in [0, 0.1) is 0 Å². The van der Waals surface area contributed by atoms with Crippen LogP contribution in [0.3, 0.4) is 0 Å². The van der Waals surface area contributed by atoms with Gasteiger partial charge < -0.3 is 5.32 Å². The Morgan fingerprint density at radius 2 is 1.74 bits per heavy atom. The van der Waals surface area contributed by atoms with Crippen LogP contribution in [-0.4, -0.2) is 13.1 Å². The van der Waals surface area contributed by atoms with Crippen LogP contribution in [0.1, 0.15) is 64.2 Å². The first-order valence-corrected chi connectivity index (χ1v) is 7.88. The van der Waals surface area contributed by atoms with Crippen molar-refractivity contribution in [1.82, 2.24) is 5.32 Å². The molecule has 0 aliphatic carbocycles. The van der Waals surface area contributed by atoms with Crippen LogP contribution in [0.5, 0.6) is 0 Å². The van der Waals surface area contributed by atoms with Crippen molar-refractivity contribution in [3.8, 4) is 0 Å². The number of aryl methyl sites for hydroxylation is 2. The predicted molar refractivity (Wildman–Crippen MR) is 86.0 cm³/mol. The zero-order valence-corrected chi connectivity index (χ0v) is 13.5. The van der Waals surface area contributed by atoms with E-state index in [2.05, 4.69) is 58.1 Å². The Morgan fingerprint density at radius 3 is 2.32 bits per heavy atom. The van der Waals surface area contributed by atoms with Crippen molar-refractivity contribution < 1.29 is 0 Å². The monoisotopic (exact) mass is 261 g/mol. The minimum Gasteiger partial charge on any atom is -0.317 e. The van der Waals surface area contributed by atoms with Gasteiger partial charge in [-0.1, -0.05) is 52.8 Å². The lowest BCUT2D eigenvalue weighted by molar-refractivity contribution is 0.453. The summed E-state index contributed by atoms with van der Waals surface area (Å²) in [6.45, 7) is 13.7. The van der Waals surface area contributed by atoms with E-state index in [0.717, 1.165) is 25.9 Å². The van der Waals surface area contributed by atoms with Gasteiger partial charge in [0.05, 0.1) is 0 Å². The summed E-state index contributed by atoms with van der Waals surface area (Å²) in [5, 5.41) is 3.53. The van der Waals surface area contributed by atoms with Gasteiger partial charge in [-0.25, -0.2) is 0 Å². The predicted octanol–water partition coefficient (Wildman–Crippen LogP) is 4.48. The molecule has 0 spiro atoms. The summed E-state index contributed by atoms with van der Waals surface area (Å²) >= 11 is 0. The topological polar surface area (TPSA) is 12.0 Å². The second kappa shape index (κ2) is 7.69. The lowest BCUT2D eigenvalue weighted by Crippen LogP contribution is -2.27. The Kier molecular flexibility index (Phi) is 6.57.